The van der Waals surface area contributed by atoms with Gasteiger partial charge in [0, 0.05) is 43.8 Å². The molecule has 1 aliphatic rings. The average molecular weight is 394 g/mol. The Bertz CT molecular complexity index is 1010. The van der Waals surface area contributed by atoms with E-state index >= 15 is 0 Å². The van der Waals surface area contributed by atoms with E-state index in [1.807, 2.05) is 35.2 Å². The molecule has 0 atom stereocenters. The molecule has 1 amide bonds. The van der Waals surface area contributed by atoms with Crippen LogP contribution in [0, 0.1) is 0 Å². The molecule has 0 saturated carbocycles. The SMILES string of the molecule is CCn1cc(CC(=O)N(CCOC)Cc2ccc3c(c2)OCO3)c2ccccc21. The van der Waals surface area contributed by atoms with Gasteiger partial charge >= 0.3 is 0 Å². The summed E-state index contributed by atoms with van der Waals surface area (Å²) >= 11 is 0. The van der Waals surface area contributed by atoms with Crippen LogP contribution in [0.3, 0.4) is 0 Å². The molecular formula is C23H26N2O4. The fraction of sp³-hybridized carbons (Fsp3) is 0.348. The number of rotatable bonds is 8. The van der Waals surface area contributed by atoms with Crippen LogP contribution in [0.25, 0.3) is 10.9 Å². The van der Waals surface area contributed by atoms with Gasteiger partial charge in [-0.3, -0.25) is 4.79 Å². The maximum absolute atomic E-state index is 13.2. The molecule has 0 N–H and O–H groups in total. The van der Waals surface area contributed by atoms with Crippen molar-refractivity contribution in [1.29, 1.82) is 0 Å². The Morgan fingerprint density at radius 1 is 1.17 bits per heavy atom. The fourth-order valence-electron chi connectivity index (χ4n) is 3.75. The number of fused-ring (bicyclic) bond motifs is 2. The smallest absolute Gasteiger partial charge is 0.231 e. The molecule has 1 aromatic heterocycles. The van der Waals surface area contributed by atoms with E-state index in [1.54, 1.807) is 7.11 Å². The zero-order chi connectivity index (χ0) is 20.2. The van der Waals surface area contributed by atoms with Gasteiger partial charge in [-0.25, -0.2) is 0 Å². The van der Waals surface area contributed by atoms with Crippen molar-refractivity contribution < 1.29 is 19.0 Å². The molecule has 2 heterocycles. The molecular weight excluding hydrogens is 368 g/mol. The minimum Gasteiger partial charge on any atom is -0.454 e. The second-order valence-corrected chi connectivity index (χ2v) is 7.13. The highest BCUT2D eigenvalue weighted by molar-refractivity contribution is 5.89. The predicted molar refractivity (Wildman–Crippen MR) is 111 cm³/mol. The predicted octanol–water partition coefficient (Wildman–Crippen LogP) is 3.61. The zero-order valence-corrected chi connectivity index (χ0v) is 16.9. The van der Waals surface area contributed by atoms with Crippen molar-refractivity contribution in [2.75, 3.05) is 27.1 Å². The van der Waals surface area contributed by atoms with Crippen LogP contribution in [0.4, 0.5) is 0 Å². The van der Waals surface area contributed by atoms with Gasteiger partial charge < -0.3 is 23.7 Å². The molecule has 0 saturated heterocycles. The van der Waals surface area contributed by atoms with Crippen LogP contribution in [0.5, 0.6) is 11.5 Å². The highest BCUT2D eigenvalue weighted by atomic mass is 16.7. The number of para-hydroxylation sites is 1. The molecule has 0 fully saturated rings. The van der Waals surface area contributed by atoms with E-state index in [9.17, 15) is 4.79 Å². The molecule has 29 heavy (non-hydrogen) atoms. The average Bonchev–Trinajstić information content (AvgIpc) is 3.35. The van der Waals surface area contributed by atoms with Crippen molar-refractivity contribution >= 4 is 16.8 Å². The second-order valence-electron chi connectivity index (χ2n) is 7.13. The molecule has 0 radical (unpaired) electrons. The molecule has 6 nitrogen and oxygen atoms in total. The molecule has 0 spiro atoms. The van der Waals surface area contributed by atoms with Gasteiger partial charge in [-0.05, 0) is 36.2 Å². The molecule has 3 aromatic rings. The van der Waals surface area contributed by atoms with E-state index in [4.69, 9.17) is 14.2 Å². The third kappa shape index (κ3) is 4.07. The van der Waals surface area contributed by atoms with Gasteiger partial charge in [0.1, 0.15) is 0 Å². The number of hydrogen-bond donors (Lipinski definition) is 0. The minimum atomic E-state index is 0.0822. The van der Waals surface area contributed by atoms with Gasteiger partial charge in [-0.15, -0.1) is 0 Å². The molecule has 4 rings (SSSR count). The molecule has 1 aliphatic heterocycles. The summed E-state index contributed by atoms with van der Waals surface area (Å²) in [5.41, 5.74) is 3.23. The Labute approximate surface area is 170 Å². The van der Waals surface area contributed by atoms with E-state index in [-0.39, 0.29) is 12.7 Å². The van der Waals surface area contributed by atoms with Crippen molar-refractivity contribution in [2.45, 2.75) is 26.4 Å². The Morgan fingerprint density at radius 2 is 2.00 bits per heavy atom. The van der Waals surface area contributed by atoms with E-state index in [0.717, 1.165) is 40.1 Å². The molecule has 6 heteroatoms. The number of amides is 1. The minimum absolute atomic E-state index is 0.0822. The Kier molecular flexibility index (Phi) is 5.71. The summed E-state index contributed by atoms with van der Waals surface area (Å²) in [6.07, 6.45) is 2.46. The number of methoxy groups -OCH3 is 1. The molecule has 0 aliphatic carbocycles. The van der Waals surface area contributed by atoms with Gasteiger partial charge in [-0.1, -0.05) is 24.3 Å². The number of aryl methyl sites for hydroxylation is 1. The fourth-order valence-corrected chi connectivity index (χ4v) is 3.75. The summed E-state index contributed by atoms with van der Waals surface area (Å²) in [6, 6.07) is 14.0. The summed E-state index contributed by atoms with van der Waals surface area (Å²) in [6.45, 7) is 4.77. The van der Waals surface area contributed by atoms with Crippen LogP contribution in [-0.2, 0) is 29.0 Å². The van der Waals surface area contributed by atoms with Crippen molar-refractivity contribution in [2.24, 2.45) is 0 Å². The Hall–Kier alpha value is -2.99. The number of benzene rings is 2. The number of hydrogen-bond acceptors (Lipinski definition) is 4. The number of ether oxygens (including phenoxy) is 3. The first-order chi connectivity index (χ1) is 14.2. The summed E-state index contributed by atoms with van der Waals surface area (Å²) < 4.78 is 18.3. The van der Waals surface area contributed by atoms with Crippen LogP contribution in [-0.4, -0.2) is 42.4 Å². The van der Waals surface area contributed by atoms with Crippen LogP contribution >= 0.6 is 0 Å². The lowest BCUT2D eigenvalue weighted by Crippen LogP contribution is -2.34. The van der Waals surface area contributed by atoms with Gasteiger partial charge in [0.05, 0.1) is 13.0 Å². The first-order valence-electron chi connectivity index (χ1n) is 9.91. The maximum Gasteiger partial charge on any atom is 0.231 e. The van der Waals surface area contributed by atoms with E-state index in [2.05, 4.69) is 29.8 Å². The lowest BCUT2D eigenvalue weighted by molar-refractivity contribution is -0.131. The summed E-state index contributed by atoms with van der Waals surface area (Å²) in [7, 11) is 1.65. The van der Waals surface area contributed by atoms with Gasteiger partial charge in [0.15, 0.2) is 11.5 Å². The lowest BCUT2D eigenvalue weighted by atomic mass is 10.1. The normalized spacial score (nSPS) is 12.5. The number of carbonyl (C=O) groups is 1. The zero-order valence-electron chi connectivity index (χ0n) is 16.9. The van der Waals surface area contributed by atoms with E-state index < -0.39 is 0 Å². The monoisotopic (exact) mass is 394 g/mol. The van der Waals surface area contributed by atoms with Crippen molar-refractivity contribution in [3.05, 3.63) is 59.8 Å². The first-order valence-corrected chi connectivity index (χ1v) is 9.91. The summed E-state index contributed by atoms with van der Waals surface area (Å²) in [4.78, 5) is 15.0. The molecule has 0 unspecified atom stereocenters. The van der Waals surface area contributed by atoms with Crippen molar-refractivity contribution in [1.82, 2.24) is 9.47 Å². The quantitative estimate of drug-likeness (QED) is 0.586. The number of nitrogens with zero attached hydrogens (tertiary/aromatic N) is 2. The molecule has 2 aromatic carbocycles. The summed E-state index contributed by atoms with van der Waals surface area (Å²) in [5, 5.41) is 1.14. The molecule has 152 valence electrons. The van der Waals surface area contributed by atoms with E-state index in [0.29, 0.717) is 26.1 Å². The highest BCUT2D eigenvalue weighted by Gasteiger charge is 2.19. The highest BCUT2D eigenvalue weighted by Crippen LogP contribution is 2.33. The van der Waals surface area contributed by atoms with Crippen LogP contribution in [0.2, 0.25) is 0 Å². The van der Waals surface area contributed by atoms with E-state index in [1.165, 1.54) is 0 Å². The number of aromatic nitrogens is 1. The topological polar surface area (TPSA) is 52.9 Å². The van der Waals surface area contributed by atoms with Gasteiger partial charge in [-0.2, -0.15) is 0 Å². The summed E-state index contributed by atoms with van der Waals surface area (Å²) in [5.74, 6) is 1.56. The van der Waals surface area contributed by atoms with Crippen molar-refractivity contribution in [3.8, 4) is 11.5 Å². The second kappa shape index (κ2) is 8.57. The van der Waals surface area contributed by atoms with Gasteiger partial charge in [0.25, 0.3) is 0 Å². The van der Waals surface area contributed by atoms with Crippen LogP contribution in [0.15, 0.2) is 48.7 Å². The largest absolute Gasteiger partial charge is 0.454 e. The lowest BCUT2D eigenvalue weighted by Gasteiger charge is -2.23. The number of carbonyl (C=O) groups excluding carboxylic acids is 1. The van der Waals surface area contributed by atoms with Crippen molar-refractivity contribution in [3.63, 3.8) is 0 Å². The third-order valence-corrected chi connectivity index (χ3v) is 5.28. The third-order valence-electron chi connectivity index (χ3n) is 5.28. The standard InChI is InChI=1S/C23H26N2O4/c1-3-24-15-18(19-6-4-5-7-20(19)24)13-23(26)25(10-11-27-2)14-17-8-9-21-22(12-17)29-16-28-21/h4-9,12,15H,3,10-11,13-14,16H2,1-2H3. The maximum atomic E-state index is 13.2. The van der Waals surface area contributed by atoms with Crippen LogP contribution in [0.1, 0.15) is 18.1 Å². The Balaban J connectivity index is 1.54. The van der Waals surface area contributed by atoms with Gasteiger partial charge in [0.2, 0.25) is 12.7 Å². The first kappa shape index (κ1) is 19.3. The van der Waals surface area contributed by atoms with Crippen LogP contribution < -0.4 is 9.47 Å². The molecule has 0 bridgehead atoms. The Morgan fingerprint density at radius 3 is 2.83 bits per heavy atom.